The number of Topliss-reactive ketones (excluding diaryl/α,β-unsaturated/α-hetero) is 1. The number of oxime groups is 2. The minimum Gasteiger partial charge on any atom is -0.477 e. The molecule has 0 saturated carbocycles. The van der Waals surface area contributed by atoms with Crippen LogP contribution in [-0.2, 0) is 41.9 Å². The Bertz CT molecular complexity index is 2230. The average Bonchev–Trinajstić information content (AvgIpc) is 3.72. The van der Waals surface area contributed by atoms with Crippen LogP contribution in [0.2, 0.25) is 4.34 Å². The van der Waals surface area contributed by atoms with Crippen LogP contribution < -0.4 is 16.0 Å². The number of nitrogens with two attached hydrogens (primary N) is 2. The number of nitrogens with zero attached hydrogens (tertiary/aromatic N) is 6. The van der Waals surface area contributed by atoms with E-state index in [0.29, 0.717) is 48.5 Å². The molecule has 7 rings (SSSR count). The number of aliphatic carboxylic acids is 1. The van der Waals surface area contributed by atoms with Crippen molar-refractivity contribution in [3.63, 3.8) is 0 Å². The van der Waals surface area contributed by atoms with Gasteiger partial charge in [0.1, 0.15) is 40.3 Å². The van der Waals surface area contributed by atoms with Crippen LogP contribution in [0.15, 0.2) is 70.5 Å². The van der Waals surface area contributed by atoms with Crippen molar-refractivity contribution >= 4 is 79.9 Å². The minimum absolute atomic E-state index is 0.0604. The summed E-state index contributed by atoms with van der Waals surface area (Å²) in [5, 5.41) is 18.5. The smallest absolute Gasteiger partial charge is 0.352 e. The molecule has 2 fully saturated rings. The second-order valence-electron chi connectivity index (χ2n) is 12.8. The monoisotopic (exact) mass is 797 g/mol. The SMILES string of the molecule is CO/N=C(\C(=O)C[C@@H]1C(=O)N2C(C(=O)O)=C(C[n+]3ccc4ccn(Cc5ccc(C(N)=NOC6CCOCC6)cc5F)c4c3)CS[C@H]12)c1nc(N)sc1Cl. The Balaban J connectivity index is 1.05. The lowest BCUT2D eigenvalue weighted by Gasteiger charge is -2.49. The highest BCUT2D eigenvalue weighted by Gasteiger charge is 2.54. The predicted molar refractivity (Wildman–Crippen MR) is 199 cm³/mol. The van der Waals surface area contributed by atoms with Crippen molar-refractivity contribution in [1.82, 2.24) is 14.5 Å². The number of thiazole rings is 1. The molecule has 54 heavy (non-hydrogen) atoms. The quantitative estimate of drug-likeness (QED) is 0.0588. The number of amides is 1. The molecule has 3 aliphatic heterocycles. The summed E-state index contributed by atoms with van der Waals surface area (Å²) >= 11 is 8.56. The minimum atomic E-state index is -1.25. The van der Waals surface area contributed by atoms with Gasteiger partial charge in [-0.1, -0.05) is 45.4 Å². The van der Waals surface area contributed by atoms with Crippen LogP contribution in [-0.4, -0.2) is 86.3 Å². The first-order valence-corrected chi connectivity index (χ1v) is 19.1. The fourth-order valence-electron chi connectivity index (χ4n) is 6.62. The molecule has 3 aliphatic rings. The summed E-state index contributed by atoms with van der Waals surface area (Å²) in [7, 11) is 1.26. The molecule has 0 radical (unpaired) electrons. The number of benzene rings is 1. The van der Waals surface area contributed by atoms with E-state index in [1.165, 1.54) is 29.8 Å². The molecule has 4 aromatic rings. The summed E-state index contributed by atoms with van der Waals surface area (Å²) in [4.78, 5) is 55.0. The van der Waals surface area contributed by atoms with E-state index in [4.69, 9.17) is 37.5 Å². The maximum absolute atomic E-state index is 15.4. The Labute approximate surface area is 321 Å². The molecule has 0 unspecified atom stereocenters. The molecule has 1 aromatic carbocycles. The lowest BCUT2D eigenvalue weighted by Crippen LogP contribution is -2.62. The topological polar surface area (TPSA) is 201 Å². The van der Waals surface area contributed by atoms with E-state index in [0.717, 1.165) is 22.2 Å². The molecule has 0 aliphatic carbocycles. The fourth-order valence-corrected chi connectivity index (χ4v) is 8.96. The van der Waals surface area contributed by atoms with E-state index in [2.05, 4.69) is 15.3 Å². The van der Waals surface area contributed by atoms with Crippen LogP contribution in [0, 0.1) is 11.7 Å². The highest BCUT2D eigenvalue weighted by molar-refractivity contribution is 8.00. The van der Waals surface area contributed by atoms with Crippen LogP contribution in [0.25, 0.3) is 10.9 Å². The zero-order valence-corrected chi connectivity index (χ0v) is 31.2. The first kappa shape index (κ1) is 37.3. The molecule has 5 N–H and O–H groups in total. The normalized spacial score (nSPS) is 19.5. The standard InChI is InChI=1S/C35H34ClFN8O7S2/c1-50-41-27(28-30(36)54-35(39)40-28)26(46)13-23-32(47)45-29(34(48)49)21(17-53-33(23)45)14-43-8-4-18-5-9-44(25(18)16-43)15-20-3-2-19(12-24(20)37)31(38)42-52-22-6-10-51-11-7-22/h2-5,8-9,12,16,22-23,33H,6-7,10-11,13-15,17H2,1H3,(H4-,38,39,40,42,48,49)/p+1/b41-27+/t23-,33-/m1/s1. The predicted octanol–water partition coefficient (Wildman–Crippen LogP) is 3.50. The van der Waals surface area contributed by atoms with Gasteiger partial charge in [0.15, 0.2) is 41.4 Å². The highest BCUT2D eigenvalue weighted by atomic mass is 35.5. The van der Waals surface area contributed by atoms with Crippen LogP contribution in [0.3, 0.4) is 0 Å². The lowest BCUT2D eigenvalue weighted by atomic mass is 9.89. The number of rotatable bonds is 13. The van der Waals surface area contributed by atoms with Gasteiger partial charge in [0.05, 0.1) is 31.1 Å². The van der Waals surface area contributed by atoms with Crippen LogP contribution in [0.1, 0.15) is 36.1 Å². The van der Waals surface area contributed by atoms with Gasteiger partial charge in [-0.15, -0.1) is 11.8 Å². The summed E-state index contributed by atoms with van der Waals surface area (Å²) in [5.74, 6) is -3.12. The number of carbonyl (C=O) groups excluding carboxylic acids is 2. The Morgan fingerprint density at radius 2 is 2.02 bits per heavy atom. The zero-order valence-electron chi connectivity index (χ0n) is 28.8. The Morgan fingerprint density at radius 3 is 2.72 bits per heavy atom. The third-order valence-electron chi connectivity index (χ3n) is 9.34. The number of aromatic nitrogens is 3. The summed E-state index contributed by atoms with van der Waals surface area (Å²) in [5.41, 5.74) is 13.8. The number of amidine groups is 1. The largest absolute Gasteiger partial charge is 0.477 e. The number of hydrogen-bond donors (Lipinski definition) is 3. The molecular weight excluding hydrogens is 763 g/mol. The van der Waals surface area contributed by atoms with Gasteiger partial charge in [-0.3, -0.25) is 14.5 Å². The molecule has 3 aromatic heterocycles. The first-order chi connectivity index (χ1) is 26.0. The van der Waals surface area contributed by atoms with Crippen LogP contribution in [0.5, 0.6) is 0 Å². The highest BCUT2D eigenvalue weighted by Crippen LogP contribution is 2.45. The number of ketones is 1. The van der Waals surface area contributed by atoms with Gasteiger partial charge >= 0.3 is 5.97 Å². The van der Waals surface area contributed by atoms with Crippen molar-refractivity contribution in [1.29, 1.82) is 0 Å². The Kier molecular flexibility index (Phi) is 10.9. The molecule has 0 bridgehead atoms. The first-order valence-electron chi connectivity index (χ1n) is 16.8. The van der Waals surface area contributed by atoms with Gasteiger partial charge in [-0.25, -0.2) is 14.2 Å². The Morgan fingerprint density at radius 1 is 1.22 bits per heavy atom. The number of anilines is 1. The third-order valence-corrected chi connectivity index (χ3v) is 11.8. The second kappa shape index (κ2) is 15.7. The molecular formula is C35H35ClFN8O7S2+. The van der Waals surface area contributed by atoms with E-state index >= 15 is 4.39 Å². The fraction of sp³-hybridized carbons (Fsp3) is 0.343. The van der Waals surface area contributed by atoms with Gasteiger partial charge in [-0.2, -0.15) is 4.57 Å². The van der Waals surface area contributed by atoms with E-state index < -0.39 is 34.8 Å². The third kappa shape index (κ3) is 7.51. The maximum atomic E-state index is 15.4. The van der Waals surface area contributed by atoms with E-state index in [-0.39, 0.29) is 58.0 Å². The number of halogens is 2. The molecule has 19 heteroatoms. The summed E-state index contributed by atoms with van der Waals surface area (Å²) in [6.07, 6.45) is 6.62. The lowest BCUT2D eigenvalue weighted by molar-refractivity contribution is -0.687. The van der Waals surface area contributed by atoms with Crippen molar-refractivity contribution in [2.75, 3.05) is 31.8 Å². The average molecular weight is 798 g/mol. The van der Waals surface area contributed by atoms with Crippen LogP contribution >= 0.6 is 34.7 Å². The second-order valence-corrected chi connectivity index (χ2v) is 15.5. The molecule has 2 atom stereocenters. The zero-order chi connectivity index (χ0) is 38.1. The summed E-state index contributed by atoms with van der Waals surface area (Å²) in [6.45, 7) is 1.60. The number of fused-ring (bicyclic) bond motifs is 2. The van der Waals surface area contributed by atoms with Gasteiger partial charge in [0, 0.05) is 59.4 Å². The van der Waals surface area contributed by atoms with Crippen molar-refractivity contribution in [3.05, 3.63) is 87.2 Å². The van der Waals surface area contributed by atoms with Gasteiger partial charge < -0.3 is 35.6 Å². The Hall–Kier alpha value is -5.04. The van der Waals surface area contributed by atoms with Gasteiger partial charge in [0.2, 0.25) is 5.91 Å². The number of thioether (sulfide) groups is 1. The molecule has 15 nitrogen and oxygen atoms in total. The number of carboxylic acids is 1. The van der Waals surface area contributed by atoms with Crippen molar-refractivity contribution < 1.29 is 42.9 Å². The summed E-state index contributed by atoms with van der Waals surface area (Å²) in [6, 6.07) is 8.48. The van der Waals surface area contributed by atoms with Crippen molar-refractivity contribution in [2.24, 2.45) is 22.0 Å². The number of carbonyl (C=O) groups is 3. The van der Waals surface area contributed by atoms with E-state index in [9.17, 15) is 19.5 Å². The number of nitrogen functional groups attached to an aromatic ring is 1. The number of pyridine rings is 1. The van der Waals surface area contributed by atoms with Crippen molar-refractivity contribution in [3.8, 4) is 0 Å². The maximum Gasteiger partial charge on any atom is 0.352 e. The molecule has 1 amide bonds. The van der Waals surface area contributed by atoms with Crippen LogP contribution in [0.4, 0.5) is 9.52 Å². The van der Waals surface area contributed by atoms with E-state index in [1.807, 2.05) is 39.9 Å². The van der Waals surface area contributed by atoms with Crippen molar-refractivity contribution in [2.45, 2.75) is 43.8 Å². The molecule has 2 saturated heterocycles. The number of hydrogen-bond acceptors (Lipinski definition) is 12. The van der Waals surface area contributed by atoms with Gasteiger partial charge in [0.25, 0.3) is 0 Å². The number of ether oxygens (including phenoxy) is 1. The summed E-state index contributed by atoms with van der Waals surface area (Å²) < 4.78 is 24.5. The molecule has 282 valence electrons. The molecule has 0 spiro atoms. The number of carboxylic acid groups (broad SMARTS) is 1. The van der Waals surface area contributed by atoms with Gasteiger partial charge in [-0.05, 0) is 12.1 Å². The number of β-lactam (4-membered cyclic amide) rings is 1. The van der Waals surface area contributed by atoms with E-state index in [1.54, 1.807) is 12.1 Å². The molecule has 6 heterocycles.